The summed E-state index contributed by atoms with van der Waals surface area (Å²) in [7, 11) is 0. The van der Waals surface area contributed by atoms with Crippen LogP contribution in [0.15, 0.2) is 53.4 Å². The maximum atomic E-state index is 11.0. The second-order valence-electron chi connectivity index (χ2n) is 4.75. The van der Waals surface area contributed by atoms with E-state index in [1.165, 1.54) is 4.90 Å². The summed E-state index contributed by atoms with van der Waals surface area (Å²) in [6.45, 7) is 3.11. The lowest BCUT2D eigenvalue weighted by atomic mass is 10.1. The van der Waals surface area contributed by atoms with E-state index in [2.05, 4.69) is 30.4 Å². The lowest BCUT2D eigenvalue weighted by Crippen LogP contribution is -1.99. The zero-order valence-corrected chi connectivity index (χ0v) is 12.8. The van der Waals surface area contributed by atoms with Crippen LogP contribution in [0.25, 0.3) is 0 Å². The van der Waals surface area contributed by atoms with Crippen molar-refractivity contribution in [1.82, 2.24) is 0 Å². The van der Waals surface area contributed by atoms with Gasteiger partial charge in [-0.1, -0.05) is 25.1 Å². The predicted molar refractivity (Wildman–Crippen MR) is 88.2 cm³/mol. The van der Waals surface area contributed by atoms with Crippen LogP contribution in [0.1, 0.15) is 29.3 Å². The molecule has 0 radical (unpaired) electrons. The molecule has 110 valence electrons. The third kappa shape index (κ3) is 4.83. The number of anilines is 1. The standard InChI is InChI=1S/C17H19NO2S/c1-2-9-18-15-7-4-8-16(11-15)21-12-13-5-3-6-14(10-13)17(19)20/h3-8,10-11,18H,2,9,12H2,1H3,(H,19,20). The van der Waals surface area contributed by atoms with Crippen LogP contribution < -0.4 is 5.32 Å². The largest absolute Gasteiger partial charge is 0.478 e. The van der Waals surface area contributed by atoms with Crippen molar-refractivity contribution in [2.75, 3.05) is 11.9 Å². The van der Waals surface area contributed by atoms with Gasteiger partial charge in [0.15, 0.2) is 0 Å². The summed E-state index contributed by atoms with van der Waals surface area (Å²) in [6.07, 6.45) is 1.10. The zero-order valence-electron chi connectivity index (χ0n) is 12.0. The first kappa shape index (κ1) is 15.4. The Bertz CT molecular complexity index is 613. The fourth-order valence-electron chi connectivity index (χ4n) is 1.93. The van der Waals surface area contributed by atoms with Gasteiger partial charge in [-0.15, -0.1) is 11.8 Å². The van der Waals surface area contributed by atoms with Gasteiger partial charge < -0.3 is 10.4 Å². The Balaban J connectivity index is 1.99. The molecule has 0 fully saturated rings. The average molecular weight is 301 g/mol. The molecule has 0 bridgehead atoms. The topological polar surface area (TPSA) is 49.3 Å². The van der Waals surface area contributed by atoms with E-state index in [9.17, 15) is 4.79 Å². The number of hydrogen-bond acceptors (Lipinski definition) is 3. The van der Waals surface area contributed by atoms with E-state index in [-0.39, 0.29) is 0 Å². The van der Waals surface area contributed by atoms with Gasteiger partial charge in [0.1, 0.15) is 0 Å². The highest BCUT2D eigenvalue weighted by Crippen LogP contribution is 2.25. The Labute approximate surface area is 129 Å². The van der Waals surface area contributed by atoms with Gasteiger partial charge in [0.05, 0.1) is 5.56 Å². The lowest BCUT2D eigenvalue weighted by Gasteiger charge is -2.07. The van der Waals surface area contributed by atoms with Crippen LogP contribution in [-0.2, 0) is 5.75 Å². The Morgan fingerprint density at radius 1 is 1.19 bits per heavy atom. The number of carboxylic acids is 1. The van der Waals surface area contributed by atoms with Gasteiger partial charge in [0, 0.05) is 22.9 Å². The van der Waals surface area contributed by atoms with Crippen molar-refractivity contribution in [3.8, 4) is 0 Å². The first-order valence-corrected chi connectivity index (χ1v) is 7.96. The highest BCUT2D eigenvalue weighted by atomic mass is 32.2. The van der Waals surface area contributed by atoms with Crippen molar-refractivity contribution >= 4 is 23.4 Å². The molecule has 2 aromatic carbocycles. The molecule has 0 saturated carbocycles. The first-order chi connectivity index (χ1) is 10.2. The summed E-state index contributed by atoms with van der Waals surface area (Å²) in [5.74, 6) is -0.120. The van der Waals surface area contributed by atoms with Crippen molar-refractivity contribution in [1.29, 1.82) is 0 Å². The average Bonchev–Trinajstić information content (AvgIpc) is 2.51. The number of hydrogen-bond donors (Lipinski definition) is 2. The van der Waals surface area contributed by atoms with E-state index in [0.29, 0.717) is 5.56 Å². The molecule has 0 spiro atoms. The first-order valence-electron chi connectivity index (χ1n) is 6.98. The van der Waals surface area contributed by atoms with Crippen LogP contribution in [0.2, 0.25) is 0 Å². The van der Waals surface area contributed by atoms with Crippen LogP contribution in [0.3, 0.4) is 0 Å². The highest BCUT2D eigenvalue weighted by molar-refractivity contribution is 7.98. The summed E-state index contributed by atoms with van der Waals surface area (Å²) in [5, 5.41) is 12.4. The summed E-state index contributed by atoms with van der Waals surface area (Å²) >= 11 is 1.71. The molecule has 0 saturated heterocycles. The van der Waals surface area contributed by atoms with Crippen molar-refractivity contribution in [2.24, 2.45) is 0 Å². The number of nitrogens with one attached hydrogen (secondary N) is 1. The van der Waals surface area contributed by atoms with E-state index >= 15 is 0 Å². The number of aromatic carboxylic acids is 1. The molecule has 0 heterocycles. The predicted octanol–water partition coefficient (Wildman–Crippen LogP) is 4.50. The maximum Gasteiger partial charge on any atom is 0.335 e. The highest BCUT2D eigenvalue weighted by Gasteiger charge is 2.04. The Morgan fingerprint density at radius 2 is 2.00 bits per heavy atom. The van der Waals surface area contributed by atoms with Gasteiger partial charge >= 0.3 is 5.97 Å². The van der Waals surface area contributed by atoms with Crippen LogP contribution >= 0.6 is 11.8 Å². The van der Waals surface area contributed by atoms with E-state index in [1.807, 2.05) is 12.1 Å². The molecule has 21 heavy (non-hydrogen) atoms. The SMILES string of the molecule is CCCNc1cccc(SCc2cccc(C(=O)O)c2)c1. The molecule has 0 atom stereocenters. The summed E-state index contributed by atoms with van der Waals surface area (Å²) in [4.78, 5) is 12.1. The van der Waals surface area contributed by atoms with Crippen molar-refractivity contribution < 1.29 is 9.90 Å². The van der Waals surface area contributed by atoms with Gasteiger partial charge in [-0.2, -0.15) is 0 Å². The van der Waals surface area contributed by atoms with Crippen molar-refractivity contribution in [2.45, 2.75) is 24.0 Å². The second kappa shape index (κ2) is 7.74. The molecule has 0 aromatic heterocycles. The van der Waals surface area contributed by atoms with Crippen LogP contribution in [0.4, 0.5) is 5.69 Å². The fraction of sp³-hybridized carbons (Fsp3) is 0.235. The number of benzene rings is 2. The molecule has 0 unspecified atom stereocenters. The van der Waals surface area contributed by atoms with E-state index < -0.39 is 5.97 Å². The fourth-order valence-corrected chi connectivity index (χ4v) is 2.82. The summed E-state index contributed by atoms with van der Waals surface area (Å²) in [6, 6.07) is 15.4. The molecule has 2 aromatic rings. The minimum Gasteiger partial charge on any atom is -0.478 e. The molecule has 3 nitrogen and oxygen atoms in total. The van der Waals surface area contributed by atoms with Gasteiger partial charge in [-0.3, -0.25) is 0 Å². The third-order valence-corrected chi connectivity index (χ3v) is 4.06. The number of carboxylic acid groups (broad SMARTS) is 1. The molecule has 2 N–H and O–H groups in total. The molecule has 2 rings (SSSR count). The van der Waals surface area contributed by atoms with Crippen molar-refractivity contribution in [3.63, 3.8) is 0 Å². The van der Waals surface area contributed by atoms with Gasteiger partial charge in [-0.05, 0) is 42.3 Å². The summed E-state index contributed by atoms with van der Waals surface area (Å²) in [5.41, 5.74) is 2.49. The van der Waals surface area contributed by atoms with Crippen LogP contribution in [-0.4, -0.2) is 17.6 Å². The van der Waals surface area contributed by atoms with Gasteiger partial charge in [0.2, 0.25) is 0 Å². The van der Waals surface area contributed by atoms with E-state index in [0.717, 1.165) is 30.0 Å². The molecule has 4 heteroatoms. The normalized spacial score (nSPS) is 10.3. The number of carbonyl (C=O) groups is 1. The molecule has 0 aliphatic carbocycles. The number of thioether (sulfide) groups is 1. The smallest absolute Gasteiger partial charge is 0.335 e. The minimum atomic E-state index is -0.882. The lowest BCUT2D eigenvalue weighted by molar-refractivity contribution is 0.0697. The van der Waals surface area contributed by atoms with Crippen LogP contribution in [0.5, 0.6) is 0 Å². The third-order valence-electron chi connectivity index (χ3n) is 2.99. The summed E-state index contributed by atoms with van der Waals surface area (Å²) < 4.78 is 0. The quantitative estimate of drug-likeness (QED) is 0.739. The number of rotatable bonds is 7. The van der Waals surface area contributed by atoms with Gasteiger partial charge in [-0.25, -0.2) is 4.79 Å². The van der Waals surface area contributed by atoms with Gasteiger partial charge in [0.25, 0.3) is 0 Å². The Hall–Kier alpha value is -1.94. The molecule has 0 aliphatic rings. The Morgan fingerprint density at radius 3 is 2.76 bits per heavy atom. The maximum absolute atomic E-state index is 11.0. The monoisotopic (exact) mass is 301 g/mol. The van der Waals surface area contributed by atoms with Crippen LogP contribution in [0, 0.1) is 0 Å². The zero-order chi connectivity index (χ0) is 15.1. The van der Waals surface area contributed by atoms with E-state index in [4.69, 9.17) is 5.11 Å². The Kier molecular flexibility index (Phi) is 5.69. The molecule has 0 aliphatic heterocycles. The molecule has 0 amide bonds. The van der Waals surface area contributed by atoms with E-state index in [1.54, 1.807) is 30.0 Å². The molecular weight excluding hydrogens is 282 g/mol. The minimum absolute atomic E-state index is 0.339. The van der Waals surface area contributed by atoms with Crippen molar-refractivity contribution in [3.05, 3.63) is 59.7 Å². The molecular formula is C17H19NO2S. The second-order valence-corrected chi connectivity index (χ2v) is 5.80.